The molecular weight excluding hydrogens is 1110 g/mol. The zero-order chi connectivity index (χ0) is 70.6. The Bertz CT molecular complexity index is 2910. The highest BCUT2D eigenvalue weighted by atomic mass is 19.4. The van der Waals surface area contributed by atoms with Crippen molar-refractivity contribution in [3.63, 3.8) is 0 Å². The van der Waals surface area contributed by atoms with Crippen molar-refractivity contribution < 1.29 is 13.2 Å². The quantitative estimate of drug-likeness (QED) is 0.149. The van der Waals surface area contributed by atoms with E-state index < -0.39 is 11.6 Å². The summed E-state index contributed by atoms with van der Waals surface area (Å²) in [4.78, 5) is 0. The number of aryl methyl sites for hydroxylation is 9. The molecule has 0 N–H and O–H groups in total. The lowest BCUT2D eigenvalue weighted by molar-refractivity contribution is -0.223. The molecule has 2 saturated carbocycles. The van der Waals surface area contributed by atoms with Crippen molar-refractivity contribution in [3.05, 3.63) is 209 Å². The van der Waals surface area contributed by atoms with Crippen LogP contribution in [0.2, 0.25) is 0 Å². The highest BCUT2D eigenvalue weighted by molar-refractivity contribution is 5.43. The molecule has 0 heterocycles. The Morgan fingerprint density at radius 2 is 0.791 bits per heavy atom. The number of hydrogen-bond donors (Lipinski definition) is 0. The minimum atomic E-state index is -3.97. The van der Waals surface area contributed by atoms with Crippen LogP contribution >= 0.6 is 0 Å². The van der Waals surface area contributed by atoms with Crippen molar-refractivity contribution >= 4 is 0 Å². The fourth-order valence-corrected chi connectivity index (χ4v) is 12.0. The molecular formula is C88H139F3. The van der Waals surface area contributed by atoms with Crippen LogP contribution in [0.4, 0.5) is 13.2 Å². The first kappa shape index (κ1) is 86.1. The molecule has 8 rings (SSSR count). The summed E-state index contributed by atoms with van der Waals surface area (Å²) in [6, 6.07) is 39.7. The van der Waals surface area contributed by atoms with Gasteiger partial charge in [-0.25, -0.2) is 0 Å². The summed E-state index contributed by atoms with van der Waals surface area (Å²) in [5.41, 5.74) is 25.6. The van der Waals surface area contributed by atoms with Gasteiger partial charge in [-0.3, -0.25) is 0 Å². The highest BCUT2D eigenvalue weighted by Gasteiger charge is 2.54. The molecule has 0 aromatic heterocycles. The fourth-order valence-electron chi connectivity index (χ4n) is 12.0. The van der Waals surface area contributed by atoms with E-state index in [0.29, 0.717) is 42.4 Å². The minimum Gasteiger partial charge on any atom is -0.171 e. The van der Waals surface area contributed by atoms with E-state index in [2.05, 4.69) is 292 Å². The van der Waals surface area contributed by atoms with Crippen LogP contribution < -0.4 is 0 Å². The Kier molecular flexibility index (Phi) is 38.2. The Hall–Kier alpha value is -4.89. The van der Waals surface area contributed by atoms with Crippen molar-refractivity contribution in [2.24, 2.45) is 10.8 Å². The Labute approximate surface area is 562 Å². The van der Waals surface area contributed by atoms with E-state index in [1.165, 1.54) is 132 Å². The fraction of sp³-hybridized carbons (Fsp3) is 0.591. The molecule has 0 unspecified atom stereocenters. The van der Waals surface area contributed by atoms with Crippen LogP contribution in [0.3, 0.4) is 0 Å². The molecule has 0 aliphatic heterocycles. The van der Waals surface area contributed by atoms with E-state index in [0.717, 1.165) is 18.3 Å². The Morgan fingerprint density at radius 1 is 0.374 bits per heavy atom. The van der Waals surface area contributed by atoms with Crippen LogP contribution in [0.15, 0.2) is 109 Å². The molecule has 3 heteroatoms. The average Bonchev–Trinajstić information content (AvgIpc) is 1.94. The average molecular weight is 1250 g/mol. The second-order valence-corrected chi connectivity index (χ2v) is 30.7. The zero-order valence-electron chi connectivity index (χ0n) is 65.0. The molecule has 0 bridgehead atoms. The highest BCUT2D eigenvalue weighted by Crippen LogP contribution is 2.52. The molecule has 91 heavy (non-hydrogen) atoms. The van der Waals surface area contributed by atoms with Crippen molar-refractivity contribution in [1.82, 2.24) is 0 Å². The van der Waals surface area contributed by atoms with Crippen LogP contribution in [-0.2, 0) is 10.8 Å². The Morgan fingerprint density at radius 3 is 1.12 bits per heavy atom. The van der Waals surface area contributed by atoms with Crippen molar-refractivity contribution in [1.29, 1.82) is 0 Å². The number of benzene rings is 6. The van der Waals surface area contributed by atoms with Crippen LogP contribution in [0.1, 0.15) is 339 Å². The zero-order valence-corrected chi connectivity index (χ0v) is 65.0. The predicted octanol–water partition coefficient (Wildman–Crippen LogP) is 29.2. The standard InChI is InChI=1S/C16H26.C15H24.C13H20.C10H14.C9H12.C8H13F3.C8H16.C7H8.C2H6/c1-10(2)14-8-15(11(3)4)13(7)16(9-14)12(5)6;1-11-8-9-12(14(2,3)4)10-13(11)15(5,6)7;1-9(2)12-7-6-11(5)13(8-12)10(3)4;1-7-5-8(2)10(4)9(3)6-7;1-7-4-5-8(2)9(3)6-7;1-2-7(8(9,10)11)5-3-4-6-7;1-3-8(2)6-4-5-7-8;1-7-5-3-2-4-6-7;1-2/h8-12H,1-7H3;8-10H,1-7H3;6-10H,1-5H3;5-6H,1-4H3;4-6H,1-3H3;2-6H2,1H3;3-7H2,1-2H3;2-6H,1H3;1-2H3. The van der Waals surface area contributed by atoms with Crippen LogP contribution in [0.5, 0.6) is 0 Å². The van der Waals surface area contributed by atoms with Gasteiger partial charge in [-0.05, 0) is 238 Å². The van der Waals surface area contributed by atoms with E-state index in [9.17, 15) is 13.2 Å². The van der Waals surface area contributed by atoms with Crippen molar-refractivity contribution in [3.8, 4) is 0 Å². The van der Waals surface area contributed by atoms with Crippen molar-refractivity contribution in [2.45, 2.75) is 332 Å². The molecule has 0 amide bonds. The van der Waals surface area contributed by atoms with E-state index >= 15 is 0 Å². The number of rotatable bonds is 7. The summed E-state index contributed by atoms with van der Waals surface area (Å²) >= 11 is 0. The van der Waals surface area contributed by atoms with Gasteiger partial charge in [0.25, 0.3) is 0 Å². The summed E-state index contributed by atoms with van der Waals surface area (Å²) in [6.07, 6.45) is 5.73. The van der Waals surface area contributed by atoms with E-state index in [1.54, 1.807) is 6.92 Å². The van der Waals surface area contributed by atoms with Gasteiger partial charge in [0.1, 0.15) is 0 Å². The number of alkyl halides is 3. The first-order valence-corrected chi connectivity index (χ1v) is 35.5. The van der Waals surface area contributed by atoms with Gasteiger partial charge >= 0.3 is 6.18 Å². The predicted molar refractivity (Wildman–Crippen MR) is 404 cm³/mol. The summed E-state index contributed by atoms with van der Waals surface area (Å²) in [5, 5.41) is 0. The molecule has 6 aromatic rings. The molecule has 2 fully saturated rings. The molecule has 0 radical (unpaired) electrons. The van der Waals surface area contributed by atoms with Crippen LogP contribution in [0.25, 0.3) is 0 Å². The smallest absolute Gasteiger partial charge is 0.171 e. The van der Waals surface area contributed by atoms with Gasteiger partial charge in [0, 0.05) is 0 Å². The van der Waals surface area contributed by atoms with Gasteiger partial charge in [0.15, 0.2) is 0 Å². The molecule has 0 spiro atoms. The Balaban J connectivity index is 0.00000103. The molecule has 512 valence electrons. The third-order valence-corrected chi connectivity index (χ3v) is 19.1. The third-order valence-electron chi connectivity index (χ3n) is 19.1. The molecule has 0 atom stereocenters. The lowest BCUT2D eigenvalue weighted by atomic mass is 9.79. The molecule has 0 saturated heterocycles. The number of hydrogen-bond acceptors (Lipinski definition) is 0. The summed E-state index contributed by atoms with van der Waals surface area (Å²) in [5.74, 6) is 3.14. The first-order valence-electron chi connectivity index (χ1n) is 35.5. The first-order chi connectivity index (χ1) is 42.0. The molecule has 6 aromatic carbocycles. The topological polar surface area (TPSA) is 0 Å². The van der Waals surface area contributed by atoms with Gasteiger partial charge in [0.05, 0.1) is 5.41 Å². The van der Waals surface area contributed by atoms with Gasteiger partial charge in [-0.15, -0.1) is 0 Å². The largest absolute Gasteiger partial charge is 0.394 e. The second kappa shape index (κ2) is 40.4. The molecule has 2 aliphatic rings. The number of halogens is 3. The SMILES string of the molecule is CC.CCC1(C(F)(F)F)CCCC1.CCC1(C)CCCC1.Cc1c(C(C)C)cc(C(C)C)cc1C(C)C.Cc1cc(C)c(C)c(C)c1.Cc1ccc(C(C)(C)C)cc1C(C)(C)C.Cc1ccc(C(C)C)cc1C(C)C.Cc1ccc(C)c(C)c1.Cc1ccccc1. The summed E-state index contributed by atoms with van der Waals surface area (Å²) < 4.78 is 37.2. The van der Waals surface area contributed by atoms with Gasteiger partial charge in [0.2, 0.25) is 0 Å². The normalized spacial score (nSPS) is 13.8. The van der Waals surface area contributed by atoms with E-state index in [4.69, 9.17) is 0 Å². The van der Waals surface area contributed by atoms with E-state index in [1.807, 2.05) is 32.0 Å². The van der Waals surface area contributed by atoms with Gasteiger partial charge < -0.3 is 0 Å². The van der Waals surface area contributed by atoms with E-state index in [-0.39, 0.29) is 17.3 Å². The second-order valence-electron chi connectivity index (χ2n) is 30.7. The molecule has 2 aliphatic carbocycles. The lowest BCUT2D eigenvalue weighted by Gasteiger charge is -2.29. The van der Waals surface area contributed by atoms with Crippen LogP contribution in [0, 0.1) is 87.0 Å². The summed E-state index contributed by atoms with van der Waals surface area (Å²) in [7, 11) is 0. The maximum absolute atomic E-state index is 12.4. The van der Waals surface area contributed by atoms with Gasteiger partial charge in [-0.1, -0.05) is 303 Å². The maximum atomic E-state index is 12.4. The lowest BCUT2D eigenvalue weighted by Crippen LogP contribution is -2.34. The van der Waals surface area contributed by atoms with Gasteiger partial charge in [-0.2, -0.15) is 13.2 Å². The maximum Gasteiger partial charge on any atom is 0.394 e. The van der Waals surface area contributed by atoms with Crippen LogP contribution in [-0.4, -0.2) is 6.18 Å². The monoisotopic (exact) mass is 1250 g/mol. The summed E-state index contributed by atoms with van der Waals surface area (Å²) in [6.45, 7) is 70.5. The van der Waals surface area contributed by atoms with Crippen molar-refractivity contribution in [2.75, 3.05) is 0 Å². The molecule has 0 nitrogen and oxygen atoms in total. The third kappa shape index (κ3) is 30.4. The minimum absolute atomic E-state index is 0.241.